The molecule has 5 rings (SSSR count). The second kappa shape index (κ2) is 8.12. The molecule has 156 valence electrons. The molecule has 0 amide bonds. The summed E-state index contributed by atoms with van der Waals surface area (Å²) in [5.41, 5.74) is 2.82. The van der Waals surface area contributed by atoms with Crippen molar-refractivity contribution < 1.29 is 14.3 Å². The van der Waals surface area contributed by atoms with Crippen LogP contribution in [-0.4, -0.2) is 21.4 Å². The van der Waals surface area contributed by atoms with Crippen LogP contribution in [0.5, 0.6) is 5.75 Å². The van der Waals surface area contributed by atoms with Crippen molar-refractivity contribution in [3.05, 3.63) is 108 Å². The molecule has 5 aromatic rings. The lowest BCUT2D eigenvalue weighted by Gasteiger charge is -2.13. The van der Waals surface area contributed by atoms with Crippen LogP contribution in [0.15, 0.2) is 91.0 Å². The van der Waals surface area contributed by atoms with Crippen molar-refractivity contribution in [2.45, 2.75) is 13.3 Å². The number of carbonyl (C=O) groups excluding carboxylic acids is 2. The lowest BCUT2D eigenvalue weighted by molar-refractivity contribution is -0.131. The Hall–Kier alpha value is -4.25. The van der Waals surface area contributed by atoms with Crippen molar-refractivity contribution in [1.82, 2.24) is 9.55 Å². The van der Waals surface area contributed by atoms with E-state index in [1.165, 1.54) is 6.92 Å². The van der Waals surface area contributed by atoms with Crippen LogP contribution in [0.2, 0.25) is 0 Å². The minimum atomic E-state index is -0.477. The summed E-state index contributed by atoms with van der Waals surface area (Å²) in [4.78, 5) is 30.4. The third-order valence-electron chi connectivity index (χ3n) is 5.37. The van der Waals surface area contributed by atoms with Crippen LogP contribution >= 0.6 is 0 Å². The van der Waals surface area contributed by atoms with Gasteiger partial charge in [0.2, 0.25) is 0 Å². The summed E-state index contributed by atoms with van der Waals surface area (Å²) < 4.78 is 7.07. The Labute approximate surface area is 184 Å². The Kier molecular flexibility index (Phi) is 5.00. The van der Waals surface area contributed by atoms with Gasteiger partial charge in [-0.15, -0.1) is 0 Å². The molecule has 0 aliphatic rings. The zero-order valence-electron chi connectivity index (χ0n) is 17.5. The smallest absolute Gasteiger partial charge is 0.308 e. The van der Waals surface area contributed by atoms with Gasteiger partial charge in [-0.2, -0.15) is 0 Å². The van der Waals surface area contributed by atoms with E-state index in [4.69, 9.17) is 9.72 Å². The predicted molar refractivity (Wildman–Crippen MR) is 124 cm³/mol. The van der Waals surface area contributed by atoms with Crippen LogP contribution in [0.25, 0.3) is 21.8 Å². The van der Waals surface area contributed by atoms with E-state index in [-0.39, 0.29) is 11.7 Å². The van der Waals surface area contributed by atoms with Crippen LogP contribution in [0.3, 0.4) is 0 Å². The molecule has 0 atom stereocenters. The molecule has 0 saturated heterocycles. The molecule has 0 fully saturated rings. The molecule has 1 aromatic heterocycles. The van der Waals surface area contributed by atoms with E-state index >= 15 is 0 Å². The van der Waals surface area contributed by atoms with Gasteiger partial charge in [0.15, 0.2) is 0 Å². The van der Waals surface area contributed by atoms with Crippen LogP contribution in [0.1, 0.15) is 28.7 Å². The fourth-order valence-electron chi connectivity index (χ4n) is 3.95. The monoisotopic (exact) mass is 420 g/mol. The Morgan fingerprint density at radius 2 is 1.50 bits per heavy atom. The molecule has 5 nitrogen and oxygen atoms in total. The highest BCUT2D eigenvalue weighted by Gasteiger charge is 2.23. The second-order valence-electron chi connectivity index (χ2n) is 7.61. The fraction of sp³-hybridized carbons (Fsp3) is 0.0741. The first kappa shape index (κ1) is 19.7. The molecule has 32 heavy (non-hydrogen) atoms. The standard InChI is InChI=1S/C27H20N2O3/c1-18(30)32-25-17-21-12-6-5-11-20(21)16-22(25)27(31)29-24-14-8-7-13-23(24)28-26(29)15-19-9-3-2-4-10-19/h2-14,16-17H,15H2,1H3. The van der Waals surface area contributed by atoms with Gasteiger partial charge in [0.1, 0.15) is 11.6 Å². The van der Waals surface area contributed by atoms with Crippen molar-refractivity contribution in [3.8, 4) is 5.75 Å². The molecule has 0 aliphatic heterocycles. The van der Waals surface area contributed by atoms with Crippen molar-refractivity contribution >= 4 is 33.7 Å². The number of ether oxygens (including phenoxy) is 1. The summed E-state index contributed by atoms with van der Waals surface area (Å²) in [6.45, 7) is 1.33. The van der Waals surface area contributed by atoms with E-state index in [1.807, 2.05) is 78.9 Å². The van der Waals surface area contributed by atoms with E-state index in [0.717, 1.165) is 21.9 Å². The maximum atomic E-state index is 13.9. The molecule has 1 heterocycles. The largest absolute Gasteiger partial charge is 0.426 e. The molecule has 0 spiro atoms. The minimum Gasteiger partial charge on any atom is -0.426 e. The van der Waals surface area contributed by atoms with Gasteiger partial charge in [-0.1, -0.05) is 66.7 Å². The number of imidazole rings is 1. The van der Waals surface area contributed by atoms with Gasteiger partial charge in [-0.25, -0.2) is 4.98 Å². The van der Waals surface area contributed by atoms with Gasteiger partial charge in [0, 0.05) is 13.3 Å². The molecular weight excluding hydrogens is 400 g/mol. The Bertz CT molecular complexity index is 1470. The van der Waals surface area contributed by atoms with Gasteiger partial charge >= 0.3 is 5.97 Å². The molecule has 0 aliphatic carbocycles. The van der Waals surface area contributed by atoms with Crippen molar-refractivity contribution in [3.63, 3.8) is 0 Å². The van der Waals surface area contributed by atoms with Crippen molar-refractivity contribution in [2.24, 2.45) is 0 Å². The summed E-state index contributed by atoms with van der Waals surface area (Å²) in [7, 11) is 0. The number of benzene rings is 4. The van der Waals surface area contributed by atoms with Gasteiger partial charge in [0.05, 0.1) is 16.6 Å². The Morgan fingerprint density at radius 1 is 0.844 bits per heavy atom. The molecular formula is C27H20N2O3. The van der Waals surface area contributed by atoms with E-state index in [9.17, 15) is 9.59 Å². The highest BCUT2D eigenvalue weighted by atomic mass is 16.5. The number of nitrogens with zero attached hydrogens (tertiary/aromatic N) is 2. The van der Waals surface area contributed by atoms with Crippen LogP contribution in [-0.2, 0) is 11.2 Å². The Morgan fingerprint density at radius 3 is 2.25 bits per heavy atom. The molecule has 4 aromatic carbocycles. The summed E-state index contributed by atoms with van der Waals surface area (Å²) in [6, 6.07) is 28.6. The lowest BCUT2D eigenvalue weighted by atomic mass is 10.0. The van der Waals surface area contributed by atoms with E-state index in [1.54, 1.807) is 16.7 Å². The topological polar surface area (TPSA) is 61.2 Å². The van der Waals surface area contributed by atoms with Gasteiger partial charge < -0.3 is 4.74 Å². The number of hydrogen-bond acceptors (Lipinski definition) is 4. The average Bonchev–Trinajstić information content (AvgIpc) is 3.16. The molecule has 0 bridgehead atoms. The quantitative estimate of drug-likeness (QED) is 0.289. The van der Waals surface area contributed by atoms with Crippen molar-refractivity contribution in [1.29, 1.82) is 0 Å². The average molecular weight is 420 g/mol. The molecule has 0 radical (unpaired) electrons. The first-order valence-electron chi connectivity index (χ1n) is 10.4. The SMILES string of the molecule is CC(=O)Oc1cc2ccccc2cc1C(=O)n1c(Cc2ccccc2)nc2ccccc21. The van der Waals surface area contributed by atoms with E-state index in [2.05, 4.69) is 0 Å². The number of para-hydroxylation sites is 2. The summed E-state index contributed by atoms with van der Waals surface area (Å²) in [5.74, 6) is 0.106. The summed E-state index contributed by atoms with van der Waals surface area (Å²) >= 11 is 0. The first-order valence-corrected chi connectivity index (χ1v) is 10.4. The molecule has 0 N–H and O–H groups in total. The fourth-order valence-corrected chi connectivity index (χ4v) is 3.95. The van der Waals surface area contributed by atoms with Gasteiger partial charge in [0.25, 0.3) is 5.91 Å². The van der Waals surface area contributed by atoms with E-state index < -0.39 is 5.97 Å². The van der Waals surface area contributed by atoms with E-state index in [0.29, 0.717) is 23.3 Å². The first-order chi connectivity index (χ1) is 15.6. The normalized spacial score (nSPS) is 11.0. The zero-order chi connectivity index (χ0) is 22.1. The highest BCUT2D eigenvalue weighted by molar-refractivity contribution is 6.06. The molecule has 0 unspecified atom stereocenters. The predicted octanol–water partition coefficient (Wildman–Crippen LogP) is 5.39. The number of carbonyl (C=O) groups is 2. The number of hydrogen-bond donors (Lipinski definition) is 0. The Balaban J connectivity index is 1.70. The number of fused-ring (bicyclic) bond motifs is 2. The van der Waals surface area contributed by atoms with Crippen LogP contribution in [0, 0.1) is 0 Å². The molecule has 0 saturated carbocycles. The number of aromatic nitrogens is 2. The zero-order valence-corrected chi connectivity index (χ0v) is 17.5. The van der Waals surface area contributed by atoms with Gasteiger partial charge in [-0.3, -0.25) is 14.2 Å². The maximum Gasteiger partial charge on any atom is 0.308 e. The lowest BCUT2D eigenvalue weighted by Crippen LogP contribution is -2.18. The second-order valence-corrected chi connectivity index (χ2v) is 7.61. The number of esters is 1. The third kappa shape index (κ3) is 3.65. The highest BCUT2D eigenvalue weighted by Crippen LogP contribution is 2.29. The van der Waals surface area contributed by atoms with Crippen molar-refractivity contribution in [2.75, 3.05) is 0 Å². The minimum absolute atomic E-state index is 0.240. The van der Waals surface area contributed by atoms with Crippen LogP contribution in [0.4, 0.5) is 0 Å². The summed E-state index contributed by atoms with van der Waals surface area (Å²) in [6.07, 6.45) is 0.498. The maximum absolute atomic E-state index is 13.9. The third-order valence-corrected chi connectivity index (χ3v) is 5.37. The summed E-state index contributed by atoms with van der Waals surface area (Å²) in [5, 5.41) is 1.78. The molecule has 5 heteroatoms. The van der Waals surface area contributed by atoms with Gasteiger partial charge in [-0.05, 0) is 40.6 Å². The van der Waals surface area contributed by atoms with Crippen LogP contribution < -0.4 is 4.74 Å². The number of rotatable bonds is 4.